The van der Waals surface area contributed by atoms with Crippen molar-refractivity contribution in [3.8, 4) is 0 Å². The quantitative estimate of drug-likeness (QED) is 0.694. The number of hydrogen-bond acceptors (Lipinski definition) is 3. The second-order valence-corrected chi connectivity index (χ2v) is 3.66. The smallest absolute Gasteiger partial charge is 0.246 e. The fourth-order valence-corrected chi connectivity index (χ4v) is 1.72. The predicted molar refractivity (Wildman–Crippen MR) is 52.9 cm³/mol. The molecule has 82 valence electrons. The lowest BCUT2D eigenvalue weighted by molar-refractivity contribution is -0.127. The van der Waals surface area contributed by atoms with Gasteiger partial charge in [-0.05, 0) is 19.8 Å². The molecular weight excluding hydrogens is 182 g/mol. The van der Waals surface area contributed by atoms with E-state index in [0.29, 0.717) is 6.61 Å². The largest absolute Gasteiger partial charge is 0.391 e. The van der Waals surface area contributed by atoms with Gasteiger partial charge in [-0.15, -0.1) is 0 Å². The maximum Gasteiger partial charge on any atom is 0.246 e. The molecular formula is C10H19NO3. The summed E-state index contributed by atoms with van der Waals surface area (Å²) in [6.07, 6.45) is 3.42. The lowest BCUT2D eigenvalue weighted by atomic mass is 9.92. The highest BCUT2D eigenvalue weighted by molar-refractivity contribution is 5.77. The molecule has 2 N–H and O–H groups in total. The fourth-order valence-electron chi connectivity index (χ4n) is 1.72. The topological polar surface area (TPSA) is 58.6 Å². The summed E-state index contributed by atoms with van der Waals surface area (Å²) in [5.74, 6) is -0.127. The summed E-state index contributed by atoms with van der Waals surface area (Å²) in [5, 5.41) is 12.4. The Labute approximate surface area is 84.6 Å². The second-order valence-electron chi connectivity index (χ2n) is 3.66. The molecule has 0 spiro atoms. The average molecular weight is 201 g/mol. The number of rotatable bonds is 4. The number of aliphatic hydroxyl groups is 1. The van der Waals surface area contributed by atoms with Gasteiger partial charge in [0.15, 0.2) is 0 Å². The molecule has 0 saturated heterocycles. The Hall–Kier alpha value is -0.610. The van der Waals surface area contributed by atoms with Crippen molar-refractivity contribution in [2.24, 2.45) is 0 Å². The van der Waals surface area contributed by atoms with Gasteiger partial charge in [0, 0.05) is 6.61 Å². The highest BCUT2D eigenvalue weighted by atomic mass is 16.5. The molecule has 0 heterocycles. The number of carbonyl (C=O) groups excluding carboxylic acids is 1. The molecule has 1 aliphatic carbocycles. The van der Waals surface area contributed by atoms with Gasteiger partial charge in [0.05, 0.1) is 12.1 Å². The van der Waals surface area contributed by atoms with Gasteiger partial charge in [0.2, 0.25) is 5.91 Å². The molecule has 0 unspecified atom stereocenters. The molecule has 14 heavy (non-hydrogen) atoms. The van der Waals surface area contributed by atoms with E-state index in [1.54, 1.807) is 0 Å². The molecule has 1 aliphatic rings. The average Bonchev–Trinajstić information content (AvgIpc) is 2.18. The number of ether oxygens (including phenoxy) is 1. The summed E-state index contributed by atoms with van der Waals surface area (Å²) in [6, 6.07) is -0.0725. The van der Waals surface area contributed by atoms with E-state index >= 15 is 0 Å². The van der Waals surface area contributed by atoms with Gasteiger partial charge in [-0.3, -0.25) is 4.79 Å². The van der Waals surface area contributed by atoms with Gasteiger partial charge in [0.25, 0.3) is 0 Å². The lowest BCUT2D eigenvalue weighted by Gasteiger charge is -2.28. The Balaban J connectivity index is 2.23. The van der Waals surface area contributed by atoms with Gasteiger partial charge in [-0.2, -0.15) is 0 Å². The van der Waals surface area contributed by atoms with Crippen molar-refractivity contribution in [3.63, 3.8) is 0 Å². The Morgan fingerprint density at radius 3 is 2.86 bits per heavy atom. The Morgan fingerprint density at radius 1 is 1.50 bits per heavy atom. The monoisotopic (exact) mass is 201 g/mol. The molecule has 4 heteroatoms. The molecule has 0 aromatic rings. The number of carbonyl (C=O) groups is 1. The summed E-state index contributed by atoms with van der Waals surface area (Å²) in [7, 11) is 0. The third-order valence-electron chi connectivity index (χ3n) is 2.51. The van der Waals surface area contributed by atoms with E-state index in [2.05, 4.69) is 5.32 Å². The molecule has 1 saturated carbocycles. The molecule has 1 rings (SSSR count). The number of nitrogens with one attached hydrogen (secondary N) is 1. The third-order valence-corrected chi connectivity index (χ3v) is 2.51. The first-order valence-corrected chi connectivity index (χ1v) is 5.29. The van der Waals surface area contributed by atoms with Crippen molar-refractivity contribution >= 4 is 5.91 Å². The van der Waals surface area contributed by atoms with E-state index in [-0.39, 0.29) is 24.7 Å². The van der Waals surface area contributed by atoms with Crippen molar-refractivity contribution < 1.29 is 14.6 Å². The Bertz CT molecular complexity index is 184. The number of aliphatic hydroxyl groups excluding tert-OH is 1. The second kappa shape index (κ2) is 5.98. The fraction of sp³-hybridized carbons (Fsp3) is 0.900. The van der Waals surface area contributed by atoms with Crippen LogP contribution in [0.2, 0.25) is 0 Å². The number of amides is 1. The maximum absolute atomic E-state index is 11.3. The van der Waals surface area contributed by atoms with Crippen LogP contribution in [0, 0.1) is 0 Å². The van der Waals surface area contributed by atoms with Crippen LogP contribution in [0.1, 0.15) is 32.6 Å². The van der Waals surface area contributed by atoms with Crippen molar-refractivity contribution in [2.45, 2.75) is 44.8 Å². The SMILES string of the molecule is CCOCC(=O)N[C@@H]1CCCC[C@H]1O. The molecule has 2 atom stereocenters. The molecule has 1 fully saturated rings. The first-order chi connectivity index (χ1) is 6.74. The van der Waals surface area contributed by atoms with Gasteiger partial charge in [-0.1, -0.05) is 12.8 Å². The highest BCUT2D eigenvalue weighted by Crippen LogP contribution is 2.18. The van der Waals surface area contributed by atoms with Crippen LogP contribution in [0.5, 0.6) is 0 Å². The van der Waals surface area contributed by atoms with Crippen molar-refractivity contribution in [3.05, 3.63) is 0 Å². The Morgan fingerprint density at radius 2 is 2.21 bits per heavy atom. The lowest BCUT2D eigenvalue weighted by Crippen LogP contribution is -2.46. The molecule has 0 radical (unpaired) electrons. The summed E-state index contributed by atoms with van der Waals surface area (Å²) in [4.78, 5) is 11.3. The van der Waals surface area contributed by atoms with Crippen LogP contribution >= 0.6 is 0 Å². The molecule has 0 aromatic carbocycles. The van der Waals surface area contributed by atoms with Gasteiger partial charge in [-0.25, -0.2) is 0 Å². The maximum atomic E-state index is 11.3. The van der Waals surface area contributed by atoms with E-state index in [0.717, 1.165) is 25.7 Å². The van der Waals surface area contributed by atoms with Crippen LogP contribution in [0.15, 0.2) is 0 Å². The zero-order valence-electron chi connectivity index (χ0n) is 8.66. The van der Waals surface area contributed by atoms with Gasteiger partial charge < -0.3 is 15.2 Å². The van der Waals surface area contributed by atoms with Crippen molar-refractivity contribution in [1.29, 1.82) is 0 Å². The summed E-state index contributed by atoms with van der Waals surface area (Å²) < 4.78 is 4.98. The van der Waals surface area contributed by atoms with Crippen LogP contribution in [0.25, 0.3) is 0 Å². The standard InChI is InChI=1S/C10H19NO3/c1-2-14-7-10(13)11-8-5-3-4-6-9(8)12/h8-9,12H,2-7H2,1H3,(H,11,13)/t8-,9-/m1/s1. The molecule has 1 amide bonds. The minimum Gasteiger partial charge on any atom is -0.391 e. The summed E-state index contributed by atoms with van der Waals surface area (Å²) >= 11 is 0. The Kier molecular flexibility index (Phi) is 4.90. The molecule has 0 aliphatic heterocycles. The first-order valence-electron chi connectivity index (χ1n) is 5.29. The third kappa shape index (κ3) is 3.64. The summed E-state index contributed by atoms with van der Waals surface area (Å²) in [5.41, 5.74) is 0. The zero-order valence-corrected chi connectivity index (χ0v) is 8.66. The van der Waals surface area contributed by atoms with Crippen molar-refractivity contribution in [2.75, 3.05) is 13.2 Å². The molecule has 0 aromatic heterocycles. The summed E-state index contributed by atoms with van der Waals surface area (Å²) in [6.45, 7) is 2.49. The normalized spacial score (nSPS) is 27.3. The van der Waals surface area contributed by atoms with Crippen LogP contribution in [-0.4, -0.2) is 36.4 Å². The number of hydrogen-bond donors (Lipinski definition) is 2. The van der Waals surface area contributed by atoms with Crippen LogP contribution in [0.3, 0.4) is 0 Å². The van der Waals surface area contributed by atoms with Crippen LogP contribution in [0.4, 0.5) is 0 Å². The van der Waals surface area contributed by atoms with Crippen LogP contribution < -0.4 is 5.32 Å². The first kappa shape index (κ1) is 11.5. The minimum atomic E-state index is -0.380. The van der Waals surface area contributed by atoms with Gasteiger partial charge in [0.1, 0.15) is 6.61 Å². The van der Waals surface area contributed by atoms with E-state index < -0.39 is 0 Å². The van der Waals surface area contributed by atoms with Gasteiger partial charge >= 0.3 is 0 Å². The van der Waals surface area contributed by atoms with E-state index in [1.807, 2.05) is 6.92 Å². The minimum absolute atomic E-state index is 0.0725. The van der Waals surface area contributed by atoms with Crippen LogP contribution in [-0.2, 0) is 9.53 Å². The molecule has 4 nitrogen and oxygen atoms in total. The zero-order chi connectivity index (χ0) is 10.4. The molecule has 0 bridgehead atoms. The highest BCUT2D eigenvalue weighted by Gasteiger charge is 2.24. The van der Waals surface area contributed by atoms with E-state index in [9.17, 15) is 9.90 Å². The van der Waals surface area contributed by atoms with E-state index in [1.165, 1.54) is 0 Å². The predicted octanol–water partition coefficient (Wildman–Crippen LogP) is 0.443. The van der Waals surface area contributed by atoms with Crippen molar-refractivity contribution in [1.82, 2.24) is 5.32 Å². The van der Waals surface area contributed by atoms with E-state index in [4.69, 9.17) is 4.74 Å².